The number of rotatable bonds is 5. The number of hydrogen-bond acceptors (Lipinski definition) is 8. The average molecular weight is 479 g/mol. The number of aliphatic hydroxyl groups is 1. The van der Waals surface area contributed by atoms with Gasteiger partial charge in [0.1, 0.15) is 17.6 Å². The molecular weight excluding hydrogens is 465 g/mol. The van der Waals surface area contributed by atoms with Crippen LogP contribution < -0.4 is 4.90 Å². The second-order valence-electron chi connectivity index (χ2n) is 7.51. The number of aliphatic hydroxyl groups excluding tert-OH is 1. The number of Topliss-reactive ketones (excluding diaryl/α,β-unsaturated/α-hetero) is 1. The van der Waals surface area contributed by atoms with Gasteiger partial charge in [0.25, 0.3) is 11.6 Å². The molecule has 34 heavy (non-hydrogen) atoms. The van der Waals surface area contributed by atoms with E-state index in [0.717, 1.165) is 16.2 Å². The third-order valence-corrected chi connectivity index (χ3v) is 6.41. The van der Waals surface area contributed by atoms with E-state index in [9.17, 15) is 29.2 Å². The molecule has 9 nitrogen and oxygen atoms in total. The summed E-state index contributed by atoms with van der Waals surface area (Å²) in [4.78, 5) is 42.4. The zero-order valence-corrected chi connectivity index (χ0v) is 18.2. The van der Waals surface area contributed by atoms with Crippen LogP contribution in [-0.2, 0) is 4.79 Å². The Kier molecular flexibility index (Phi) is 4.98. The first-order valence-corrected chi connectivity index (χ1v) is 10.7. The summed E-state index contributed by atoms with van der Waals surface area (Å²) in [5.41, 5.74) is -0.177. The van der Waals surface area contributed by atoms with E-state index >= 15 is 0 Å². The predicted molar refractivity (Wildman–Crippen MR) is 120 cm³/mol. The second kappa shape index (κ2) is 7.89. The van der Waals surface area contributed by atoms with Crippen LogP contribution in [0.3, 0.4) is 0 Å². The molecule has 0 saturated heterocycles. The molecule has 0 spiro atoms. The number of amides is 1. The molecule has 1 atom stereocenters. The third-order valence-electron chi connectivity index (χ3n) is 5.39. The number of thiazole rings is 1. The Balaban J connectivity index is 1.68. The molecule has 0 radical (unpaired) electrons. The molecule has 1 amide bonds. The highest BCUT2D eigenvalue weighted by Gasteiger charge is 2.47. The fourth-order valence-electron chi connectivity index (χ4n) is 3.83. The van der Waals surface area contributed by atoms with Crippen LogP contribution in [0.25, 0.3) is 10.2 Å². The van der Waals surface area contributed by atoms with Crippen molar-refractivity contribution in [2.75, 3.05) is 4.90 Å². The van der Waals surface area contributed by atoms with Crippen LogP contribution in [-0.4, -0.2) is 26.7 Å². The van der Waals surface area contributed by atoms with Crippen molar-refractivity contribution in [3.05, 3.63) is 98.9 Å². The van der Waals surface area contributed by atoms with Gasteiger partial charge < -0.3 is 9.52 Å². The van der Waals surface area contributed by atoms with Gasteiger partial charge in [-0.25, -0.2) is 9.37 Å². The molecule has 1 N–H and O–H groups in total. The van der Waals surface area contributed by atoms with Crippen molar-refractivity contribution >= 4 is 44.1 Å². The summed E-state index contributed by atoms with van der Waals surface area (Å²) in [6.07, 6.45) is 0. The molecule has 170 valence electrons. The Morgan fingerprint density at radius 3 is 2.68 bits per heavy atom. The highest BCUT2D eigenvalue weighted by molar-refractivity contribution is 7.22. The molecule has 1 aliphatic rings. The molecule has 2 aromatic heterocycles. The summed E-state index contributed by atoms with van der Waals surface area (Å²) in [7, 11) is 0. The first-order valence-electron chi connectivity index (χ1n) is 9.93. The quantitative estimate of drug-likeness (QED) is 0.242. The number of ketones is 1. The lowest BCUT2D eigenvalue weighted by atomic mass is 9.95. The number of halogens is 1. The predicted octanol–water partition coefficient (Wildman–Crippen LogP) is 5.03. The molecule has 2 aromatic carbocycles. The molecular formula is C23H14FN3O6S. The van der Waals surface area contributed by atoms with Gasteiger partial charge in [-0.15, -0.1) is 0 Å². The number of nitrogens with zero attached hydrogens (tertiary/aromatic N) is 3. The fraction of sp³-hybridized carbons (Fsp3) is 0.0870. The number of carbonyl (C=O) groups is 2. The van der Waals surface area contributed by atoms with E-state index in [1.54, 1.807) is 13.0 Å². The number of aryl methyl sites for hydroxylation is 1. The Labute approximate surface area is 194 Å². The lowest BCUT2D eigenvalue weighted by Gasteiger charge is -2.24. The van der Waals surface area contributed by atoms with Gasteiger partial charge >= 0.3 is 0 Å². The van der Waals surface area contributed by atoms with E-state index in [1.165, 1.54) is 48.5 Å². The minimum Gasteiger partial charge on any atom is -0.503 e. The first kappa shape index (κ1) is 21.5. The SMILES string of the molecule is Cc1ccc(C(=O)C2=C(O)C(=O)N(c3nc4ccc([N+](=O)[O-])cc4s3)C2c2ccccc2F)o1. The van der Waals surface area contributed by atoms with Crippen molar-refractivity contribution < 1.29 is 28.4 Å². The molecule has 3 heterocycles. The number of nitro groups is 1. The molecule has 1 aliphatic heterocycles. The molecule has 1 unspecified atom stereocenters. The van der Waals surface area contributed by atoms with E-state index in [1.807, 2.05) is 0 Å². The maximum atomic E-state index is 14.9. The largest absolute Gasteiger partial charge is 0.503 e. The standard InChI is InChI=1S/C23H14FN3O6S/c1-11-6-9-16(33-11)20(28)18-19(13-4-2-3-5-14(13)24)26(22(30)21(18)29)23-25-15-8-7-12(27(31)32)10-17(15)34-23/h2-10,19,29H,1H3. The number of nitro benzene ring substituents is 1. The minimum atomic E-state index is -1.33. The number of aromatic nitrogens is 1. The molecule has 0 aliphatic carbocycles. The smallest absolute Gasteiger partial charge is 0.296 e. The fourth-order valence-corrected chi connectivity index (χ4v) is 4.86. The maximum absolute atomic E-state index is 14.9. The molecule has 0 bridgehead atoms. The van der Waals surface area contributed by atoms with Gasteiger partial charge in [-0.1, -0.05) is 29.5 Å². The van der Waals surface area contributed by atoms with Crippen LogP contribution in [0.1, 0.15) is 27.9 Å². The first-order chi connectivity index (χ1) is 16.3. The van der Waals surface area contributed by atoms with Crippen molar-refractivity contribution in [3.8, 4) is 0 Å². The van der Waals surface area contributed by atoms with Crippen molar-refractivity contribution in [2.45, 2.75) is 13.0 Å². The van der Waals surface area contributed by atoms with Gasteiger partial charge in [0.05, 0.1) is 20.7 Å². The van der Waals surface area contributed by atoms with Gasteiger partial charge in [-0.2, -0.15) is 0 Å². The van der Waals surface area contributed by atoms with Gasteiger partial charge in [0, 0.05) is 17.7 Å². The average Bonchev–Trinajstić information content (AvgIpc) is 3.49. The highest BCUT2D eigenvalue weighted by atomic mass is 32.1. The Morgan fingerprint density at radius 1 is 1.24 bits per heavy atom. The Morgan fingerprint density at radius 2 is 2.00 bits per heavy atom. The van der Waals surface area contributed by atoms with E-state index in [2.05, 4.69) is 4.98 Å². The van der Waals surface area contributed by atoms with E-state index in [4.69, 9.17) is 4.42 Å². The molecule has 11 heteroatoms. The number of hydrogen-bond donors (Lipinski definition) is 1. The Hall–Kier alpha value is -4.38. The number of furan rings is 1. The van der Waals surface area contributed by atoms with Gasteiger partial charge in [-0.3, -0.25) is 24.6 Å². The Bertz CT molecular complexity index is 1540. The lowest BCUT2D eigenvalue weighted by molar-refractivity contribution is -0.384. The number of fused-ring (bicyclic) bond motifs is 1. The minimum absolute atomic E-state index is 0.0308. The zero-order chi connectivity index (χ0) is 24.1. The highest BCUT2D eigenvalue weighted by Crippen LogP contribution is 2.45. The van der Waals surface area contributed by atoms with Crippen molar-refractivity contribution in [3.63, 3.8) is 0 Å². The van der Waals surface area contributed by atoms with Crippen LogP contribution in [0.2, 0.25) is 0 Å². The topological polar surface area (TPSA) is 127 Å². The number of benzene rings is 2. The van der Waals surface area contributed by atoms with Crippen LogP contribution in [0.5, 0.6) is 0 Å². The van der Waals surface area contributed by atoms with Crippen molar-refractivity contribution in [2.24, 2.45) is 0 Å². The number of anilines is 1. The lowest BCUT2D eigenvalue weighted by Crippen LogP contribution is -2.31. The van der Waals surface area contributed by atoms with E-state index in [0.29, 0.717) is 16.0 Å². The van der Waals surface area contributed by atoms with Gasteiger partial charge in [0.15, 0.2) is 16.7 Å². The second-order valence-corrected chi connectivity index (χ2v) is 8.52. The van der Waals surface area contributed by atoms with Crippen molar-refractivity contribution in [1.82, 2.24) is 4.98 Å². The molecule has 0 saturated carbocycles. The van der Waals surface area contributed by atoms with Gasteiger partial charge in [-0.05, 0) is 31.2 Å². The van der Waals surface area contributed by atoms with Crippen molar-refractivity contribution in [1.29, 1.82) is 0 Å². The summed E-state index contributed by atoms with van der Waals surface area (Å²) in [5, 5.41) is 21.9. The van der Waals surface area contributed by atoms with E-state index in [-0.39, 0.29) is 27.7 Å². The summed E-state index contributed by atoms with van der Waals surface area (Å²) in [6, 6.07) is 11.2. The van der Waals surface area contributed by atoms with Crippen LogP contribution in [0.15, 0.2) is 70.3 Å². The number of non-ortho nitro benzene ring substituents is 1. The monoisotopic (exact) mass is 479 g/mol. The van der Waals surface area contributed by atoms with Crippen LogP contribution in [0, 0.1) is 22.9 Å². The third kappa shape index (κ3) is 3.33. The summed E-state index contributed by atoms with van der Waals surface area (Å²) >= 11 is 0.944. The zero-order valence-electron chi connectivity index (χ0n) is 17.4. The van der Waals surface area contributed by atoms with Gasteiger partial charge in [0.2, 0.25) is 5.78 Å². The van der Waals surface area contributed by atoms with Crippen LogP contribution in [0.4, 0.5) is 15.2 Å². The number of carbonyl (C=O) groups excluding carboxylic acids is 2. The summed E-state index contributed by atoms with van der Waals surface area (Å²) in [6.45, 7) is 1.63. The van der Waals surface area contributed by atoms with E-state index < -0.39 is 34.2 Å². The maximum Gasteiger partial charge on any atom is 0.296 e. The summed E-state index contributed by atoms with van der Waals surface area (Å²) in [5.74, 6) is -2.94. The van der Waals surface area contributed by atoms with Crippen LogP contribution >= 0.6 is 11.3 Å². The molecule has 4 aromatic rings. The molecule has 0 fully saturated rings. The summed E-state index contributed by atoms with van der Waals surface area (Å²) < 4.78 is 20.7. The normalized spacial score (nSPS) is 16.0. The molecule has 5 rings (SSSR count).